The summed E-state index contributed by atoms with van der Waals surface area (Å²) in [6, 6.07) is 6.69. The second-order valence-electron chi connectivity index (χ2n) is 6.07. The molecule has 0 saturated carbocycles. The van der Waals surface area contributed by atoms with E-state index < -0.39 is 10.1 Å². The van der Waals surface area contributed by atoms with Crippen LogP contribution in [0.1, 0.15) is 76.7 Å². The second-order valence-corrected chi connectivity index (χ2v) is 7.57. The van der Waals surface area contributed by atoms with Crippen LogP contribution in [-0.4, -0.2) is 13.7 Å². The molecular weight excluding hydrogens is 312 g/mol. The zero-order chi connectivity index (χ0) is 17.0. The van der Waals surface area contributed by atoms with E-state index in [1.165, 1.54) is 57.4 Å². The Labute approximate surface area is 140 Å². The highest BCUT2D eigenvalue weighted by Crippen LogP contribution is 2.20. The normalized spacial score (nSPS) is 11.7. The molecule has 0 fully saturated rings. The van der Waals surface area contributed by atoms with Crippen LogP contribution in [0.15, 0.2) is 29.2 Å². The molecule has 0 spiro atoms. The van der Waals surface area contributed by atoms with Gasteiger partial charge in [0.2, 0.25) is 0 Å². The first kappa shape index (κ1) is 20.1. The van der Waals surface area contributed by atoms with Gasteiger partial charge in [-0.25, -0.2) is 5.26 Å². The summed E-state index contributed by atoms with van der Waals surface area (Å²) in [5.41, 5.74) is 0.709. The van der Waals surface area contributed by atoms with Crippen molar-refractivity contribution in [1.29, 1.82) is 0 Å². The summed E-state index contributed by atoms with van der Waals surface area (Å²) >= 11 is 0. The Bertz CT molecular complexity index is 526. The van der Waals surface area contributed by atoms with Crippen LogP contribution < -0.4 is 0 Å². The lowest BCUT2D eigenvalue weighted by molar-refractivity contribution is -0.130. The molecular formula is C18H30O4S. The van der Waals surface area contributed by atoms with E-state index in [1.807, 2.05) is 6.07 Å². The standard InChI is InChI=1S/C18H30O4S/c1-2-3-4-5-6-7-8-9-10-11-14-17-15-12-13-16-18(17)23(20,21)22-19/h12-13,15-16,19H,2-11,14H2,1H3. The van der Waals surface area contributed by atoms with Crippen molar-refractivity contribution in [2.24, 2.45) is 0 Å². The zero-order valence-electron chi connectivity index (χ0n) is 14.2. The number of aryl methyl sites for hydroxylation is 1. The molecule has 0 aromatic heterocycles. The Kier molecular flexibility index (Phi) is 10.2. The monoisotopic (exact) mass is 342 g/mol. The molecule has 0 heterocycles. The fourth-order valence-corrected chi connectivity index (χ4v) is 3.61. The summed E-state index contributed by atoms with van der Waals surface area (Å²) in [6.45, 7) is 2.23. The number of rotatable bonds is 13. The molecule has 1 aromatic rings. The Morgan fingerprint density at radius 1 is 0.870 bits per heavy atom. The molecule has 1 aromatic carbocycles. The van der Waals surface area contributed by atoms with Crippen molar-refractivity contribution in [3.63, 3.8) is 0 Å². The van der Waals surface area contributed by atoms with Gasteiger partial charge in [0.1, 0.15) is 0 Å². The second kappa shape index (κ2) is 11.6. The molecule has 0 bridgehead atoms. The van der Waals surface area contributed by atoms with Gasteiger partial charge >= 0.3 is 10.1 Å². The maximum Gasteiger partial charge on any atom is 0.323 e. The first-order valence-electron chi connectivity index (χ1n) is 8.77. The average Bonchev–Trinajstić information content (AvgIpc) is 2.57. The third kappa shape index (κ3) is 7.95. The quantitative estimate of drug-likeness (QED) is 0.299. The predicted octanol–water partition coefficient (Wildman–Crippen LogP) is 5.33. The van der Waals surface area contributed by atoms with Crippen molar-refractivity contribution in [3.05, 3.63) is 29.8 Å². The Hall–Kier alpha value is -0.910. The van der Waals surface area contributed by atoms with Gasteiger partial charge in [-0.05, 0) is 24.5 Å². The minimum atomic E-state index is -4.04. The van der Waals surface area contributed by atoms with Gasteiger partial charge in [-0.3, -0.25) is 0 Å². The molecule has 0 unspecified atom stereocenters. The fraction of sp³-hybridized carbons (Fsp3) is 0.667. The summed E-state index contributed by atoms with van der Waals surface area (Å²) in [5.74, 6) is 0. The maximum absolute atomic E-state index is 11.6. The van der Waals surface area contributed by atoms with Gasteiger partial charge in [0.05, 0.1) is 4.90 Å². The van der Waals surface area contributed by atoms with Crippen molar-refractivity contribution >= 4 is 10.1 Å². The molecule has 132 valence electrons. The van der Waals surface area contributed by atoms with Crippen molar-refractivity contribution in [2.75, 3.05) is 0 Å². The van der Waals surface area contributed by atoms with Crippen LogP contribution in [0, 0.1) is 0 Å². The van der Waals surface area contributed by atoms with Gasteiger partial charge in [-0.1, -0.05) is 82.9 Å². The van der Waals surface area contributed by atoms with E-state index in [-0.39, 0.29) is 4.90 Å². The topological polar surface area (TPSA) is 63.6 Å². The Morgan fingerprint density at radius 2 is 1.39 bits per heavy atom. The molecule has 0 amide bonds. The molecule has 1 rings (SSSR count). The third-order valence-corrected chi connectivity index (χ3v) is 5.27. The summed E-state index contributed by atoms with van der Waals surface area (Å²) < 4.78 is 26.9. The van der Waals surface area contributed by atoms with Gasteiger partial charge in [0.15, 0.2) is 0 Å². The van der Waals surface area contributed by atoms with E-state index in [9.17, 15) is 8.42 Å². The number of hydrogen-bond donors (Lipinski definition) is 1. The van der Waals surface area contributed by atoms with Crippen molar-refractivity contribution in [3.8, 4) is 0 Å². The predicted molar refractivity (Wildman–Crippen MR) is 92.9 cm³/mol. The Morgan fingerprint density at radius 3 is 1.96 bits per heavy atom. The SMILES string of the molecule is CCCCCCCCCCCCc1ccccc1S(=O)(=O)OO. The number of unbranched alkanes of at least 4 members (excludes halogenated alkanes) is 9. The van der Waals surface area contributed by atoms with E-state index in [1.54, 1.807) is 12.1 Å². The van der Waals surface area contributed by atoms with E-state index in [0.29, 0.717) is 12.0 Å². The van der Waals surface area contributed by atoms with E-state index >= 15 is 0 Å². The molecule has 0 aliphatic carbocycles. The molecule has 0 aliphatic heterocycles. The van der Waals surface area contributed by atoms with Crippen LogP contribution in [0.25, 0.3) is 0 Å². The molecule has 5 heteroatoms. The van der Waals surface area contributed by atoms with Crippen LogP contribution >= 0.6 is 0 Å². The van der Waals surface area contributed by atoms with Crippen LogP contribution in [0.4, 0.5) is 0 Å². The van der Waals surface area contributed by atoms with Gasteiger partial charge in [-0.15, -0.1) is 4.33 Å². The van der Waals surface area contributed by atoms with E-state index in [4.69, 9.17) is 5.26 Å². The summed E-state index contributed by atoms with van der Waals surface area (Å²) in [6.07, 6.45) is 13.2. The molecule has 0 radical (unpaired) electrons. The zero-order valence-corrected chi connectivity index (χ0v) is 15.0. The fourth-order valence-electron chi connectivity index (χ4n) is 2.80. The molecule has 1 N–H and O–H groups in total. The Balaban J connectivity index is 2.22. The van der Waals surface area contributed by atoms with Gasteiger partial charge in [-0.2, -0.15) is 8.42 Å². The van der Waals surface area contributed by atoms with Crippen molar-refractivity contribution < 1.29 is 18.0 Å². The van der Waals surface area contributed by atoms with E-state index in [2.05, 4.69) is 11.3 Å². The number of hydrogen-bond acceptors (Lipinski definition) is 4. The summed E-state index contributed by atoms with van der Waals surface area (Å²) in [7, 11) is -4.04. The van der Waals surface area contributed by atoms with Crippen LogP contribution in [0.3, 0.4) is 0 Å². The average molecular weight is 343 g/mol. The van der Waals surface area contributed by atoms with Crippen LogP contribution in [0.2, 0.25) is 0 Å². The minimum Gasteiger partial charge on any atom is -0.235 e. The molecule has 0 aliphatic rings. The summed E-state index contributed by atoms with van der Waals surface area (Å²) in [5, 5.41) is 8.53. The first-order chi connectivity index (χ1) is 11.1. The van der Waals surface area contributed by atoms with Crippen molar-refractivity contribution in [1.82, 2.24) is 0 Å². The van der Waals surface area contributed by atoms with Crippen LogP contribution in [0.5, 0.6) is 0 Å². The molecule has 4 nitrogen and oxygen atoms in total. The highest BCUT2D eigenvalue weighted by atomic mass is 32.2. The summed E-state index contributed by atoms with van der Waals surface area (Å²) in [4.78, 5) is 0.0680. The molecule has 23 heavy (non-hydrogen) atoms. The van der Waals surface area contributed by atoms with Crippen molar-refractivity contribution in [2.45, 2.75) is 82.4 Å². The lowest BCUT2D eigenvalue weighted by Gasteiger charge is -2.08. The highest BCUT2D eigenvalue weighted by Gasteiger charge is 2.18. The lowest BCUT2D eigenvalue weighted by Crippen LogP contribution is -2.06. The number of benzene rings is 1. The van der Waals surface area contributed by atoms with Gasteiger partial charge < -0.3 is 0 Å². The largest absolute Gasteiger partial charge is 0.323 e. The molecule has 0 saturated heterocycles. The van der Waals surface area contributed by atoms with Gasteiger partial charge in [0, 0.05) is 0 Å². The van der Waals surface area contributed by atoms with Gasteiger partial charge in [0.25, 0.3) is 0 Å². The highest BCUT2D eigenvalue weighted by molar-refractivity contribution is 7.86. The molecule has 0 atom stereocenters. The third-order valence-electron chi connectivity index (χ3n) is 4.14. The minimum absolute atomic E-state index is 0.0680. The van der Waals surface area contributed by atoms with E-state index in [0.717, 1.165) is 12.8 Å². The smallest absolute Gasteiger partial charge is 0.235 e. The first-order valence-corrected chi connectivity index (χ1v) is 10.2. The van der Waals surface area contributed by atoms with Crippen LogP contribution in [-0.2, 0) is 20.9 Å². The lowest BCUT2D eigenvalue weighted by atomic mass is 10.0. The maximum atomic E-state index is 11.6.